The van der Waals surface area contributed by atoms with Crippen molar-refractivity contribution in [2.75, 3.05) is 0 Å². The number of hydrogen-bond donors (Lipinski definition) is 0. The van der Waals surface area contributed by atoms with E-state index in [1.807, 2.05) is 42.5 Å². The molecule has 1 aliphatic rings. The van der Waals surface area contributed by atoms with Crippen molar-refractivity contribution in [1.82, 2.24) is 0 Å². The maximum Gasteiger partial charge on any atom is 0.303 e. The second kappa shape index (κ2) is 6.88. The summed E-state index contributed by atoms with van der Waals surface area (Å²) in [6.07, 6.45) is 4.95. The fourth-order valence-electron chi connectivity index (χ4n) is 2.30. The number of rotatable bonds is 4. The third kappa shape index (κ3) is 4.31. The zero-order chi connectivity index (χ0) is 15.2. The van der Waals surface area contributed by atoms with E-state index in [0.717, 1.165) is 11.1 Å². The summed E-state index contributed by atoms with van der Waals surface area (Å²) in [5.74, 6) is -0.797. The molecule has 21 heavy (non-hydrogen) atoms. The second-order valence-electron chi connectivity index (χ2n) is 4.89. The number of carbonyl (C=O) groups excluding carboxylic acids is 2. The van der Waals surface area contributed by atoms with E-state index in [1.54, 1.807) is 6.08 Å². The molecule has 0 N–H and O–H groups in total. The van der Waals surface area contributed by atoms with Crippen molar-refractivity contribution in [2.24, 2.45) is 0 Å². The van der Waals surface area contributed by atoms with Gasteiger partial charge in [0.25, 0.3) is 0 Å². The van der Waals surface area contributed by atoms with Crippen molar-refractivity contribution < 1.29 is 19.1 Å². The highest BCUT2D eigenvalue weighted by atomic mass is 16.6. The Balaban J connectivity index is 2.20. The molecule has 4 nitrogen and oxygen atoms in total. The zero-order valence-electron chi connectivity index (χ0n) is 12.1. The molecule has 2 rings (SSSR count). The average molecular weight is 286 g/mol. The van der Waals surface area contributed by atoms with Gasteiger partial charge in [0.2, 0.25) is 0 Å². The lowest BCUT2D eigenvalue weighted by Gasteiger charge is -2.28. The molecule has 0 saturated carbocycles. The standard InChI is InChI=1S/C17H18O4/c1-12(18)20-16-10-6-9-15(17(16)21-13(2)19)11-14-7-4-3-5-8-14/h3-10,16-17H,11H2,1-2H3/t16-,17+/m0/s1. The van der Waals surface area contributed by atoms with Crippen LogP contribution in [0.15, 0.2) is 54.1 Å². The van der Waals surface area contributed by atoms with Gasteiger partial charge in [-0.25, -0.2) is 0 Å². The van der Waals surface area contributed by atoms with Crippen LogP contribution in [-0.4, -0.2) is 24.1 Å². The quantitative estimate of drug-likeness (QED) is 0.798. The van der Waals surface area contributed by atoms with E-state index >= 15 is 0 Å². The van der Waals surface area contributed by atoms with Gasteiger partial charge in [0.05, 0.1) is 0 Å². The van der Waals surface area contributed by atoms with Gasteiger partial charge in [-0.15, -0.1) is 0 Å². The predicted molar refractivity (Wildman–Crippen MR) is 78.5 cm³/mol. The molecule has 0 unspecified atom stereocenters. The average Bonchev–Trinajstić information content (AvgIpc) is 2.42. The van der Waals surface area contributed by atoms with Crippen molar-refractivity contribution in [2.45, 2.75) is 32.5 Å². The first kappa shape index (κ1) is 15.0. The highest BCUT2D eigenvalue weighted by molar-refractivity contribution is 5.68. The molecule has 2 atom stereocenters. The van der Waals surface area contributed by atoms with E-state index < -0.39 is 24.1 Å². The summed E-state index contributed by atoms with van der Waals surface area (Å²) < 4.78 is 10.6. The van der Waals surface area contributed by atoms with Gasteiger partial charge in [0.1, 0.15) is 0 Å². The van der Waals surface area contributed by atoms with Gasteiger partial charge in [0, 0.05) is 13.8 Å². The number of hydrogen-bond acceptors (Lipinski definition) is 4. The van der Waals surface area contributed by atoms with Crippen LogP contribution < -0.4 is 0 Å². The largest absolute Gasteiger partial charge is 0.454 e. The van der Waals surface area contributed by atoms with Crippen LogP contribution in [0.2, 0.25) is 0 Å². The Kier molecular flexibility index (Phi) is 4.93. The van der Waals surface area contributed by atoms with E-state index in [9.17, 15) is 9.59 Å². The second-order valence-corrected chi connectivity index (χ2v) is 4.89. The van der Waals surface area contributed by atoms with E-state index in [0.29, 0.717) is 6.42 Å². The van der Waals surface area contributed by atoms with Gasteiger partial charge >= 0.3 is 11.9 Å². The van der Waals surface area contributed by atoms with Gasteiger partial charge in [-0.3, -0.25) is 9.59 Å². The summed E-state index contributed by atoms with van der Waals surface area (Å²) in [5.41, 5.74) is 2.02. The summed E-state index contributed by atoms with van der Waals surface area (Å²) in [5, 5.41) is 0. The van der Waals surface area contributed by atoms with E-state index in [4.69, 9.17) is 9.47 Å². The van der Waals surface area contributed by atoms with Gasteiger partial charge in [-0.1, -0.05) is 42.5 Å². The molecule has 0 radical (unpaired) electrons. The highest BCUT2D eigenvalue weighted by Crippen LogP contribution is 2.24. The lowest BCUT2D eigenvalue weighted by molar-refractivity contribution is -0.159. The third-order valence-corrected chi connectivity index (χ3v) is 3.12. The summed E-state index contributed by atoms with van der Waals surface area (Å²) in [6.45, 7) is 2.69. The van der Waals surface area contributed by atoms with Crippen LogP contribution in [0.1, 0.15) is 19.4 Å². The fourth-order valence-corrected chi connectivity index (χ4v) is 2.30. The smallest absolute Gasteiger partial charge is 0.303 e. The fraction of sp³-hybridized carbons (Fsp3) is 0.294. The van der Waals surface area contributed by atoms with E-state index in [2.05, 4.69) is 0 Å². The Hall–Kier alpha value is -2.36. The van der Waals surface area contributed by atoms with Crippen LogP contribution in [0, 0.1) is 0 Å². The van der Waals surface area contributed by atoms with Crippen LogP contribution in [0.5, 0.6) is 0 Å². The molecule has 1 aliphatic carbocycles. The molecule has 0 saturated heterocycles. The first-order valence-electron chi connectivity index (χ1n) is 6.82. The first-order chi connectivity index (χ1) is 10.1. The summed E-state index contributed by atoms with van der Waals surface area (Å²) in [7, 11) is 0. The molecular weight excluding hydrogens is 268 g/mol. The van der Waals surface area contributed by atoms with Gasteiger partial charge in [-0.2, -0.15) is 0 Å². The predicted octanol–water partition coefficient (Wildman–Crippen LogP) is 2.59. The van der Waals surface area contributed by atoms with Crippen LogP contribution in [0.25, 0.3) is 0 Å². The number of ether oxygens (including phenoxy) is 2. The molecule has 110 valence electrons. The molecule has 0 bridgehead atoms. The lowest BCUT2D eigenvalue weighted by atomic mass is 9.93. The minimum Gasteiger partial charge on any atom is -0.454 e. The summed E-state index contributed by atoms with van der Waals surface area (Å²) in [4.78, 5) is 22.5. The Labute approximate surface area is 124 Å². The van der Waals surface area contributed by atoms with Crippen molar-refractivity contribution >= 4 is 11.9 Å². The Morgan fingerprint density at radius 1 is 1.05 bits per heavy atom. The van der Waals surface area contributed by atoms with Crippen molar-refractivity contribution in [3.8, 4) is 0 Å². The Morgan fingerprint density at radius 2 is 1.71 bits per heavy atom. The molecule has 0 amide bonds. The van der Waals surface area contributed by atoms with Crippen molar-refractivity contribution in [3.05, 3.63) is 59.7 Å². The van der Waals surface area contributed by atoms with Gasteiger partial charge < -0.3 is 9.47 Å². The maximum absolute atomic E-state index is 11.3. The number of carbonyl (C=O) groups is 2. The van der Waals surface area contributed by atoms with Crippen LogP contribution in [0.3, 0.4) is 0 Å². The zero-order valence-corrected chi connectivity index (χ0v) is 12.1. The first-order valence-corrected chi connectivity index (χ1v) is 6.82. The van der Waals surface area contributed by atoms with Crippen LogP contribution in [0.4, 0.5) is 0 Å². The topological polar surface area (TPSA) is 52.6 Å². The normalized spacial score (nSPS) is 20.6. The number of esters is 2. The Bertz CT molecular complexity index is 572. The molecule has 0 aromatic heterocycles. The molecule has 1 aromatic carbocycles. The molecular formula is C17H18O4. The summed E-state index contributed by atoms with van der Waals surface area (Å²) >= 11 is 0. The number of allylic oxidation sites excluding steroid dienone is 2. The number of benzene rings is 1. The van der Waals surface area contributed by atoms with E-state index in [-0.39, 0.29) is 0 Å². The minimum absolute atomic E-state index is 0.397. The molecule has 0 heterocycles. The van der Waals surface area contributed by atoms with Crippen LogP contribution in [-0.2, 0) is 25.5 Å². The molecule has 0 spiro atoms. The molecule has 1 aromatic rings. The van der Waals surface area contributed by atoms with E-state index in [1.165, 1.54) is 13.8 Å². The lowest BCUT2D eigenvalue weighted by Crippen LogP contribution is -2.36. The Morgan fingerprint density at radius 3 is 2.33 bits per heavy atom. The molecule has 0 fully saturated rings. The minimum atomic E-state index is -0.574. The summed E-state index contributed by atoms with van der Waals surface area (Å²) in [6, 6.07) is 9.87. The third-order valence-electron chi connectivity index (χ3n) is 3.12. The van der Waals surface area contributed by atoms with Gasteiger partial charge in [-0.05, 0) is 23.6 Å². The van der Waals surface area contributed by atoms with Crippen LogP contribution >= 0.6 is 0 Å². The maximum atomic E-state index is 11.3. The molecule has 0 aliphatic heterocycles. The van der Waals surface area contributed by atoms with Crippen molar-refractivity contribution in [3.63, 3.8) is 0 Å². The van der Waals surface area contributed by atoms with Crippen molar-refractivity contribution in [1.29, 1.82) is 0 Å². The highest BCUT2D eigenvalue weighted by Gasteiger charge is 2.30. The monoisotopic (exact) mass is 286 g/mol. The SMILES string of the molecule is CC(=O)O[C@H]1C=CC=C(Cc2ccccc2)[C@H]1OC(C)=O. The molecule has 4 heteroatoms. The van der Waals surface area contributed by atoms with Gasteiger partial charge in [0.15, 0.2) is 12.2 Å².